The van der Waals surface area contributed by atoms with Crippen LogP contribution in [-0.4, -0.2) is 31.7 Å². The zero-order valence-electron chi connectivity index (χ0n) is 18.1. The molecule has 32 heavy (non-hydrogen) atoms. The molecule has 166 valence electrons. The van der Waals surface area contributed by atoms with Gasteiger partial charge >= 0.3 is 11.9 Å². The summed E-state index contributed by atoms with van der Waals surface area (Å²) in [6.45, 7) is 4.53. The molecular formula is C25H26N2O5. The van der Waals surface area contributed by atoms with E-state index in [4.69, 9.17) is 26.4 Å². The molecular weight excluding hydrogens is 408 g/mol. The first-order valence-corrected chi connectivity index (χ1v) is 10.4. The van der Waals surface area contributed by atoms with Gasteiger partial charge in [-0.05, 0) is 49.2 Å². The summed E-state index contributed by atoms with van der Waals surface area (Å²) in [5.74, 6) is 0.766. The van der Waals surface area contributed by atoms with Crippen LogP contribution in [0, 0.1) is 12.3 Å². The van der Waals surface area contributed by atoms with Crippen LogP contribution in [0.25, 0.3) is 11.1 Å². The molecule has 0 aliphatic carbocycles. The first-order chi connectivity index (χ1) is 15.5. The van der Waals surface area contributed by atoms with Gasteiger partial charge in [-0.2, -0.15) is 0 Å². The fourth-order valence-electron chi connectivity index (χ4n) is 3.62. The van der Waals surface area contributed by atoms with Crippen LogP contribution in [-0.2, 0) is 19.1 Å². The zero-order chi connectivity index (χ0) is 23.1. The summed E-state index contributed by atoms with van der Waals surface area (Å²) >= 11 is 0. The number of esters is 2. The molecule has 1 atom stereocenters. The maximum atomic E-state index is 12.7. The minimum atomic E-state index is -0.694. The van der Waals surface area contributed by atoms with Crippen molar-refractivity contribution in [1.29, 1.82) is 0 Å². The summed E-state index contributed by atoms with van der Waals surface area (Å²) < 4.78 is 15.9. The lowest BCUT2D eigenvalue weighted by molar-refractivity contribution is -0.142. The minimum absolute atomic E-state index is 0.0902. The highest BCUT2D eigenvalue weighted by molar-refractivity contribution is 5.93. The van der Waals surface area contributed by atoms with Crippen molar-refractivity contribution in [2.24, 2.45) is 5.73 Å². The number of terminal acetylenes is 1. The molecule has 1 aliphatic heterocycles. The molecule has 1 unspecified atom stereocenters. The second-order valence-corrected chi connectivity index (χ2v) is 7.09. The Morgan fingerprint density at radius 1 is 1.16 bits per heavy atom. The Balaban J connectivity index is 2.04. The first-order valence-electron chi connectivity index (χ1n) is 10.4. The number of rotatable bonds is 8. The van der Waals surface area contributed by atoms with Gasteiger partial charge in [0.25, 0.3) is 0 Å². The number of benzene rings is 2. The van der Waals surface area contributed by atoms with Crippen LogP contribution in [0.2, 0.25) is 0 Å². The second kappa shape index (κ2) is 10.4. The van der Waals surface area contributed by atoms with Gasteiger partial charge in [0, 0.05) is 23.7 Å². The largest absolute Gasteiger partial charge is 0.462 e. The van der Waals surface area contributed by atoms with Gasteiger partial charge in [0.15, 0.2) is 6.61 Å². The van der Waals surface area contributed by atoms with E-state index < -0.39 is 17.9 Å². The topological polar surface area (TPSA) is 99.9 Å². The zero-order valence-corrected chi connectivity index (χ0v) is 18.1. The molecule has 0 aromatic heterocycles. The molecule has 0 spiro atoms. The van der Waals surface area contributed by atoms with Crippen LogP contribution >= 0.6 is 0 Å². The minimum Gasteiger partial charge on any atom is -0.462 e. The fraction of sp³-hybridized carbons (Fsp3) is 0.280. The van der Waals surface area contributed by atoms with Gasteiger partial charge in [-0.3, -0.25) is 4.79 Å². The fourth-order valence-corrected chi connectivity index (χ4v) is 3.62. The number of ether oxygens (including phenoxy) is 3. The van der Waals surface area contributed by atoms with Crippen molar-refractivity contribution in [3.63, 3.8) is 0 Å². The third-order valence-electron chi connectivity index (χ3n) is 4.98. The van der Waals surface area contributed by atoms with Gasteiger partial charge < -0.3 is 25.3 Å². The van der Waals surface area contributed by atoms with E-state index in [1.54, 1.807) is 13.0 Å². The summed E-state index contributed by atoms with van der Waals surface area (Å²) in [6, 6.07) is 13.5. The highest BCUT2D eigenvalue weighted by Gasteiger charge is 2.36. The molecule has 0 radical (unpaired) electrons. The van der Waals surface area contributed by atoms with Crippen molar-refractivity contribution in [2.45, 2.75) is 26.2 Å². The van der Waals surface area contributed by atoms with Crippen LogP contribution in [0.5, 0.6) is 5.75 Å². The van der Waals surface area contributed by atoms with Crippen molar-refractivity contribution in [3.05, 3.63) is 59.5 Å². The lowest BCUT2D eigenvalue weighted by Crippen LogP contribution is -2.28. The van der Waals surface area contributed by atoms with E-state index in [2.05, 4.69) is 11.2 Å². The smallest absolute Gasteiger partial charge is 0.340 e. The Morgan fingerprint density at radius 3 is 2.66 bits per heavy atom. The van der Waals surface area contributed by atoms with Crippen LogP contribution in [0.3, 0.4) is 0 Å². The molecule has 1 heterocycles. The van der Waals surface area contributed by atoms with E-state index in [0.29, 0.717) is 11.3 Å². The van der Waals surface area contributed by atoms with Crippen molar-refractivity contribution in [1.82, 2.24) is 0 Å². The standard InChI is InChI=1S/C25H26N2O5/c1-4-12-31-22(28)15-20-19-14-17(16-8-7-9-18(13-16)27-5-2)10-11-21(19)32-24(26)23(20)25(29)30-6-3/h1,7-11,13-14,20,27H,5-6,12,15,26H2,2-3H3. The molecule has 0 saturated carbocycles. The number of fused-ring (bicyclic) bond motifs is 1. The SMILES string of the molecule is C#CCOC(=O)CC1C(C(=O)OCC)=C(N)Oc2ccc(-c3cccc(NCC)c3)cc21. The second-order valence-electron chi connectivity index (χ2n) is 7.09. The van der Waals surface area contributed by atoms with Gasteiger partial charge in [-0.15, -0.1) is 6.42 Å². The molecule has 2 aromatic carbocycles. The molecule has 0 fully saturated rings. The lowest BCUT2D eigenvalue weighted by atomic mass is 9.84. The number of carbonyl (C=O) groups is 2. The third kappa shape index (κ3) is 5.03. The lowest BCUT2D eigenvalue weighted by Gasteiger charge is -2.28. The van der Waals surface area contributed by atoms with Gasteiger partial charge in [-0.25, -0.2) is 4.79 Å². The molecule has 3 rings (SSSR count). The predicted molar refractivity (Wildman–Crippen MR) is 122 cm³/mol. The van der Waals surface area contributed by atoms with E-state index in [1.807, 2.05) is 43.3 Å². The van der Waals surface area contributed by atoms with Crippen molar-refractivity contribution in [2.75, 3.05) is 25.1 Å². The van der Waals surface area contributed by atoms with Crippen LogP contribution in [0.4, 0.5) is 5.69 Å². The van der Waals surface area contributed by atoms with E-state index >= 15 is 0 Å². The molecule has 3 N–H and O–H groups in total. The predicted octanol–water partition coefficient (Wildman–Crippen LogP) is 3.56. The Labute approximate surface area is 187 Å². The molecule has 0 saturated heterocycles. The number of nitrogens with two attached hydrogens (primary N) is 1. The highest BCUT2D eigenvalue weighted by atomic mass is 16.5. The number of hydrogen-bond acceptors (Lipinski definition) is 7. The number of carbonyl (C=O) groups excluding carboxylic acids is 2. The first kappa shape index (κ1) is 22.8. The molecule has 7 heteroatoms. The maximum absolute atomic E-state index is 12.7. The van der Waals surface area contributed by atoms with E-state index in [9.17, 15) is 9.59 Å². The summed E-state index contributed by atoms with van der Waals surface area (Å²) in [7, 11) is 0. The van der Waals surface area contributed by atoms with Gasteiger partial charge in [0.2, 0.25) is 5.88 Å². The summed E-state index contributed by atoms with van der Waals surface area (Å²) in [5, 5.41) is 3.29. The Bertz CT molecular complexity index is 1080. The third-order valence-corrected chi connectivity index (χ3v) is 4.98. The maximum Gasteiger partial charge on any atom is 0.340 e. The van der Waals surface area contributed by atoms with Crippen LogP contribution in [0.15, 0.2) is 53.9 Å². The monoisotopic (exact) mass is 434 g/mol. The Hall–Kier alpha value is -3.92. The number of nitrogens with one attached hydrogen (secondary N) is 1. The highest BCUT2D eigenvalue weighted by Crippen LogP contribution is 2.42. The summed E-state index contributed by atoms with van der Waals surface area (Å²) in [6.07, 6.45) is 5.05. The van der Waals surface area contributed by atoms with Gasteiger partial charge in [0.1, 0.15) is 11.3 Å². The quantitative estimate of drug-likeness (QED) is 0.484. The van der Waals surface area contributed by atoms with Crippen molar-refractivity contribution < 1.29 is 23.8 Å². The molecule has 0 bridgehead atoms. The Morgan fingerprint density at radius 2 is 1.94 bits per heavy atom. The van der Waals surface area contributed by atoms with Crippen LogP contribution in [0.1, 0.15) is 31.7 Å². The van der Waals surface area contributed by atoms with Crippen molar-refractivity contribution >= 4 is 17.6 Å². The van der Waals surface area contributed by atoms with Gasteiger partial charge in [0.05, 0.1) is 13.0 Å². The average molecular weight is 434 g/mol. The Kier molecular flexibility index (Phi) is 7.40. The molecule has 7 nitrogen and oxygen atoms in total. The molecule has 0 amide bonds. The summed E-state index contributed by atoms with van der Waals surface area (Å²) in [5.41, 5.74) is 9.66. The average Bonchev–Trinajstić information content (AvgIpc) is 2.78. The van der Waals surface area contributed by atoms with E-state index in [0.717, 1.165) is 23.4 Å². The number of anilines is 1. The summed E-state index contributed by atoms with van der Waals surface area (Å²) in [4.78, 5) is 25.1. The molecule has 2 aromatic rings. The van der Waals surface area contributed by atoms with E-state index in [-0.39, 0.29) is 31.1 Å². The van der Waals surface area contributed by atoms with E-state index in [1.165, 1.54) is 0 Å². The normalized spacial score (nSPS) is 14.6. The van der Waals surface area contributed by atoms with Crippen molar-refractivity contribution in [3.8, 4) is 29.2 Å². The number of hydrogen-bond donors (Lipinski definition) is 2. The van der Waals surface area contributed by atoms with Crippen LogP contribution < -0.4 is 15.8 Å². The van der Waals surface area contributed by atoms with Gasteiger partial charge in [-0.1, -0.05) is 24.1 Å². The molecule has 1 aliphatic rings.